The number of carbonyl (C=O) groups is 1. The lowest BCUT2D eigenvalue weighted by Crippen LogP contribution is -2.30. The number of nitrogens with one attached hydrogen (secondary N) is 1. The Kier molecular flexibility index (Phi) is 4.28. The van der Waals surface area contributed by atoms with E-state index in [1.165, 1.54) is 0 Å². The maximum Gasteiger partial charge on any atom is 0.288 e. The van der Waals surface area contributed by atoms with Gasteiger partial charge >= 0.3 is 0 Å². The molecule has 0 saturated heterocycles. The highest BCUT2D eigenvalue weighted by Gasteiger charge is 2.23. The Morgan fingerprint density at radius 2 is 2.00 bits per heavy atom. The normalized spacial score (nSPS) is 12.2. The molecule has 5 nitrogen and oxygen atoms in total. The molecule has 1 amide bonds. The monoisotopic (exact) mass is 221 g/mol. The van der Waals surface area contributed by atoms with E-state index < -0.39 is 21.4 Å². The lowest BCUT2D eigenvalue weighted by molar-refractivity contribution is -0.122. The molecule has 0 aliphatic carbocycles. The minimum atomic E-state index is -3.72. The summed E-state index contributed by atoms with van der Waals surface area (Å²) < 4.78 is 26.7. The lowest BCUT2D eigenvalue weighted by atomic mass is 10.0. The van der Waals surface area contributed by atoms with Crippen molar-refractivity contribution in [1.82, 2.24) is 5.48 Å². The second-order valence-electron chi connectivity index (χ2n) is 4.02. The van der Waals surface area contributed by atoms with Gasteiger partial charge < -0.3 is 0 Å². The molecule has 0 rings (SSSR count). The van der Waals surface area contributed by atoms with Crippen LogP contribution in [-0.4, -0.2) is 20.1 Å². The van der Waals surface area contributed by atoms with Crippen molar-refractivity contribution in [2.45, 2.75) is 20.8 Å². The lowest BCUT2D eigenvalue weighted by Gasteiger charge is -2.16. The van der Waals surface area contributed by atoms with Gasteiger partial charge in [0.2, 0.25) is 0 Å². The van der Waals surface area contributed by atoms with Crippen LogP contribution in [-0.2, 0) is 19.2 Å². The van der Waals surface area contributed by atoms with E-state index in [1.807, 2.05) is 0 Å². The van der Waals surface area contributed by atoms with E-state index in [-0.39, 0.29) is 5.75 Å². The highest BCUT2D eigenvalue weighted by Crippen LogP contribution is 2.16. The maximum atomic E-state index is 11.2. The van der Waals surface area contributed by atoms with Crippen LogP contribution in [0.4, 0.5) is 0 Å². The molecule has 82 valence electrons. The zero-order valence-corrected chi connectivity index (χ0v) is 9.35. The number of carbonyl (C=O) groups excluding carboxylic acids is 1. The summed E-state index contributed by atoms with van der Waals surface area (Å²) in [5.74, 6) is -0.861. The summed E-state index contributed by atoms with van der Waals surface area (Å²) in [6, 6.07) is 0. The second-order valence-corrected chi connectivity index (χ2v) is 5.59. The van der Waals surface area contributed by atoms with Crippen LogP contribution in [0.3, 0.4) is 0 Å². The predicted octanol–water partition coefficient (Wildman–Crippen LogP) is 0.596. The number of amides is 1. The topological polar surface area (TPSA) is 72.5 Å². The van der Waals surface area contributed by atoms with Crippen LogP contribution in [0.15, 0.2) is 12.7 Å². The first-order chi connectivity index (χ1) is 6.16. The average Bonchev–Trinajstić information content (AvgIpc) is 1.96. The van der Waals surface area contributed by atoms with Crippen molar-refractivity contribution in [2.24, 2.45) is 5.41 Å². The summed E-state index contributed by atoms with van der Waals surface area (Å²) in [6.45, 7) is 8.41. The summed E-state index contributed by atoms with van der Waals surface area (Å²) in [4.78, 5) is 10.6. The molecule has 0 heterocycles. The van der Waals surface area contributed by atoms with Crippen molar-refractivity contribution in [3.05, 3.63) is 12.7 Å². The zero-order valence-electron chi connectivity index (χ0n) is 8.53. The number of hydrogen-bond donors (Lipinski definition) is 1. The highest BCUT2D eigenvalue weighted by molar-refractivity contribution is 7.86. The van der Waals surface area contributed by atoms with Gasteiger partial charge in [0.15, 0.2) is 0 Å². The first-order valence-electron chi connectivity index (χ1n) is 4.00. The zero-order chi connectivity index (χ0) is 11.4. The van der Waals surface area contributed by atoms with Crippen LogP contribution >= 0.6 is 0 Å². The quantitative estimate of drug-likeness (QED) is 0.557. The third-order valence-corrected chi connectivity index (χ3v) is 2.62. The summed E-state index contributed by atoms with van der Waals surface area (Å²) in [6.07, 6.45) is 0.923. The molecule has 6 heteroatoms. The number of hydroxylamine groups is 1. The smallest absolute Gasteiger partial charge is 0.268 e. The van der Waals surface area contributed by atoms with E-state index in [9.17, 15) is 13.2 Å². The minimum Gasteiger partial charge on any atom is -0.268 e. The van der Waals surface area contributed by atoms with Crippen LogP contribution in [0.25, 0.3) is 0 Å². The third-order valence-electron chi connectivity index (χ3n) is 1.06. The summed E-state index contributed by atoms with van der Waals surface area (Å²) in [5.41, 5.74) is 1.33. The van der Waals surface area contributed by atoms with E-state index in [0.717, 1.165) is 6.08 Å². The van der Waals surface area contributed by atoms with Crippen molar-refractivity contribution in [1.29, 1.82) is 0 Å². The molecule has 0 fully saturated rings. The molecule has 0 aliphatic rings. The fraction of sp³-hybridized carbons (Fsp3) is 0.625. The van der Waals surface area contributed by atoms with Crippen molar-refractivity contribution < 1.29 is 17.5 Å². The molecule has 0 saturated carbocycles. The maximum absolute atomic E-state index is 11.2. The number of rotatable bonds is 4. The second kappa shape index (κ2) is 4.56. The van der Waals surface area contributed by atoms with Crippen molar-refractivity contribution >= 4 is 16.0 Å². The molecule has 0 aromatic rings. The van der Waals surface area contributed by atoms with Crippen LogP contribution in [0.2, 0.25) is 0 Å². The first kappa shape index (κ1) is 13.1. The highest BCUT2D eigenvalue weighted by atomic mass is 32.2. The summed E-state index contributed by atoms with van der Waals surface area (Å²) in [7, 11) is -3.72. The fourth-order valence-corrected chi connectivity index (χ4v) is 2.03. The average molecular weight is 221 g/mol. The van der Waals surface area contributed by atoms with Gasteiger partial charge in [-0.2, -0.15) is 8.42 Å². The SMILES string of the molecule is C=CC(=O)NOS(=O)(=O)CC(C)(C)C. The Labute approximate surface area is 84.2 Å². The van der Waals surface area contributed by atoms with Crippen LogP contribution in [0, 0.1) is 5.41 Å². The molecule has 1 N–H and O–H groups in total. The van der Waals surface area contributed by atoms with Gasteiger partial charge in [-0.25, -0.2) is 5.48 Å². The molecule has 0 radical (unpaired) electrons. The van der Waals surface area contributed by atoms with Crippen molar-refractivity contribution in [3.63, 3.8) is 0 Å². The molecule has 0 bridgehead atoms. The summed E-state index contributed by atoms with van der Waals surface area (Å²) in [5, 5.41) is 0. The van der Waals surface area contributed by atoms with Crippen molar-refractivity contribution in [3.8, 4) is 0 Å². The Balaban J connectivity index is 4.23. The van der Waals surface area contributed by atoms with Crippen LogP contribution < -0.4 is 5.48 Å². The van der Waals surface area contributed by atoms with Gasteiger partial charge in [0.25, 0.3) is 16.0 Å². The van der Waals surface area contributed by atoms with E-state index in [1.54, 1.807) is 26.3 Å². The molecule has 0 aromatic carbocycles. The fourth-order valence-electron chi connectivity index (χ4n) is 0.706. The Bertz CT molecular complexity index is 313. The van der Waals surface area contributed by atoms with Gasteiger partial charge in [-0.05, 0) is 11.5 Å². The molecule has 0 aromatic heterocycles. The summed E-state index contributed by atoms with van der Waals surface area (Å²) >= 11 is 0. The van der Waals surface area contributed by atoms with Crippen molar-refractivity contribution in [2.75, 3.05) is 5.75 Å². The molecule has 0 atom stereocenters. The first-order valence-corrected chi connectivity index (χ1v) is 5.57. The van der Waals surface area contributed by atoms with Gasteiger partial charge in [-0.3, -0.25) is 4.79 Å². The van der Waals surface area contributed by atoms with Gasteiger partial charge in [0, 0.05) is 0 Å². The molecule has 14 heavy (non-hydrogen) atoms. The molecular formula is C8H15NO4S. The predicted molar refractivity (Wildman–Crippen MR) is 52.7 cm³/mol. The van der Waals surface area contributed by atoms with Gasteiger partial charge in [0.1, 0.15) is 0 Å². The van der Waals surface area contributed by atoms with Crippen LogP contribution in [0.5, 0.6) is 0 Å². The minimum absolute atomic E-state index is 0.169. The van der Waals surface area contributed by atoms with Gasteiger partial charge in [-0.15, -0.1) is 4.28 Å². The Morgan fingerprint density at radius 1 is 1.50 bits per heavy atom. The molecular weight excluding hydrogens is 206 g/mol. The standard InChI is InChI=1S/C8H15NO4S/c1-5-7(10)9-13-14(11,12)6-8(2,3)4/h5H,1,6H2,2-4H3,(H,9,10). The van der Waals surface area contributed by atoms with E-state index in [0.29, 0.717) is 0 Å². The molecule has 0 unspecified atom stereocenters. The van der Waals surface area contributed by atoms with Crippen LogP contribution in [0.1, 0.15) is 20.8 Å². The Hall–Kier alpha value is -0.880. The van der Waals surface area contributed by atoms with E-state index in [2.05, 4.69) is 10.9 Å². The van der Waals surface area contributed by atoms with Gasteiger partial charge in [-0.1, -0.05) is 27.4 Å². The van der Waals surface area contributed by atoms with E-state index in [4.69, 9.17) is 0 Å². The Morgan fingerprint density at radius 3 is 2.36 bits per heavy atom. The molecule has 0 aliphatic heterocycles. The largest absolute Gasteiger partial charge is 0.288 e. The van der Waals surface area contributed by atoms with E-state index >= 15 is 0 Å². The van der Waals surface area contributed by atoms with Gasteiger partial charge in [0.05, 0.1) is 5.75 Å². The number of hydrogen-bond acceptors (Lipinski definition) is 4. The third kappa shape index (κ3) is 6.62. The molecule has 0 spiro atoms.